The quantitative estimate of drug-likeness (QED) is 0.721. The molecule has 3 rings (SSSR count). The smallest absolute Gasteiger partial charge is 0.379 e. The van der Waals surface area contributed by atoms with E-state index in [1.807, 2.05) is 24.3 Å². The number of alkyl halides is 3. The summed E-state index contributed by atoms with van der Waals surface area (Å²) in [7, 11) is 0. The molecular formula is C15H11BrF3N5. The van der Waals surface area contributed by atoms with Crippen LogP contribution in [-0.2, 0) is 12.7 Å². The van der Waals surface area contributed by atoms with E-state index in [0.717, 1.165) is 22.4 Å². The van der Waals surface area contributed by atoms with Crippen LogP contribution in [0, 0.1) is 0 Å². The van der Waals surface area contributed by atoms with Crippen molar-refractivity contribution < 1.29 is 13.2 Å². The summed E-state index contributed by atoms with van der Waals surface area (Å²) in [5, 5.41) is 10.9. The molecule has 1 aromatic carbocycles. The van der Waals surface area contributed by atoms with E-state index in [9.17, 15) is 13.2 Å². The first-order valence-corrected chi connectivity index (χ1v) is 7.65. The third-order valence-electron chi connectivity index (χ3n) is 3.16. The molecule has 3 aromatic rings. The van der Waals surface area contributed by atoms with Crippen molar-refractivity contribution >= 4 is 21.6 Å². The number of nitrogens with one attached hydrogen (secondary N) is 1. The second-order valence-corrected chi connectivity index (χ2v) is 5.83. The zero-order valence-corrected chi connectivity index (χ0v) is 13.7. The molecule has 24 heavy (non-hydrogen) atoms. The van der Waals surface area contributed by atoms with Gasteiger partial charge in [-0.1, -0.05) is 21.1 Å². The Morgan fingerprint density at radius 2 is 1.88 bits per heavy atom. The van der Waals surface area contributed by atoms with Crippen LogP contribution in [0.4, 0.5) is 18.9 Å². The van der Waals surface area contributed by atoms with Crippen molar-refractivity contribution in [1.82, 2.24) is 20.0 Å². The average Bonchev–Trinajstić information content (AvgIpc) is 3.02. The van der Waals surface area contributed by atoms with Crippen LogP contribution in [0.3, 0.4) is 0 Å². The van der Waals surface area contributed by atoms with Crippen molar-refractivity contribution in [3.05, 3.63) is 64.7 Å². The highest BCUT2D eigenvalue weighted by molar-refractivity contribution is 9.10. The van der Waals surface area contributed by atoms with Crippen molar-refractivity contribution in [2.75, 3.05) is 5.32 Å². The molecule has 2 aromatic heterocycles. The lowest BCUT2D eigenvalue weighted by Crippen LogP contribution is -2.09. The van der Waals surface area contributed by atoms with Gasteiger partial charge in [-0.2, -0.15) is 13.2 Å². The SMILES string of the molecule is FC(F)(F)c1cc(NCc2cn(-c3ccc(Br)cc3)nn2)ccn1. The molecule has 0 fully saturated rings. The second-order valence-electron chi connectivity index (χ2n) is 4.91. The van der Waals surface area contributed by atoms with Crippen LogP contribution in [0.1, 0.15) is 11.4 Å². The summed E-state index contributed by atoms with van der Waals surface area (Å²) < 4.78 is 40.4. The lowest BCUT2D eigenvalue weighted by Gasteiger charge is -2.08. The lowest BCUT2D eigenvalue weighted by molar-refractivity contribution is -0.141. The Kier molecular flexibility index (Phi) is 4.52. The third kappa shape index (κ3) is 3.91. The highest BCUT2D eigenvalue weighted by Gasteiger charge is 2.32. The van der Waals surface area contributed by atoms with E-state index in [0.29, 0.717) is 11.4 Å². The first-order chi connectivity index (χ1) is 11.4. The van der Waals surface area contributed by atoms with Crippen LogP contribution in [-0.4, -0.2) is 20.0 Å². The number of rotatable bonds is 4. The van der Waals surface area contributed by atoms with Crippen molar-refractivity contribution in [1.29, 1.82) is 0 Å². The molecule has 0 radical (unpaired) electrons. The van der Waals surface area contributed by atoms with Crippen molar-refractivity contribution in [2.45, 2.75) is 12.7 Å². The van der Waals surface area contributed by atoms with Crippen molar-refractivity contribution in [3.8, 4) is 5.69 Å². The van der Waals surface area contributed by atoms with Crippen LogP contribution in [0.2, 0.25) is 0 Å². The average molecular weight is 398 g/mol. The Hall–Kier alpha value is -2.42. The molecule has 0 bridgehead atoms. The Labute approximate surface area is 143 Å². The molecule has 0 aliphatic rings. The molecule has 0 spiro atoms. The lowest BCUT2D eigenvalue weighted by atomic mass is 10.3. The molecule has 2 heterocycles. The van der Waals surface area contributed by atoms with Gasteiger partial charge in [0.25, 0.3) is 0 Å². The fraction of sp³-hybridized carbons (Fsp3) is 0.133. The van der Waals surface area contributed by atoms with Gasteiger partial charge in [-0.25, -0.2) is 4.68 Å². The Balaban J connectivity index is 1.69. The van der Waals surface area contributed by atoms with Gasteiger partial charge in [0.1, 0.15) is 11.4 Å². The van der Waals surface area contributed by atoms with Crippen LogP contribution >= 0.6 is 15.9 Å². The highest BCUT2D eigenvalue weighted by atomic mass is 79.9. The number of aromatic nitrogens is 4. The summed E-state index contributed by atoms with van der Waals surface area (Å²) in [4.78, 5) is 3.32. The van der Waals surface area contributed by atoms with E-state index < -0.39 is 11.9 Å². The first kappa shape index (κ1) is 16.4. The maximum absolute atomic E-state index is 12.6. The monoisotopic (exact) mass is 397 g/mol. The zero-order valence-electron chi connectivity index (χ0n) is 12.1. The van der Waals surface area contributed by atoms with E-state index in [4.69, 9.17) is 0 Å². The van der Waals surface area contributed by atoms with Gasteiger partial charge >= 0.3 is 6.18 Å². The fourth-order valence-corrected chi connectivity index (χ4v) is 2.25. The van der Waals surface area contributed by atoms with Gasteiger partial charge in [0.15, 0.2) is 0 Å². The molecule has 0 aliphatic heterocycles. The molecule has 1 N–H and O–H groups in total. The number of halogens is 4. The van der Waals surface area contributed by atoms with E-state index >= 15 is 0 Å². The van der Waals surface area contributed by atoms with E-state index in [1.165, 1.54) is 6.07 Å². The first-order valence-electron chi connectivity index (χ1n) is 6.86. The van der Waals surface area contributed by atoms with Crippen LogP contribution in [0.15, 0.2) is 53.3 Å². The van der Waals surface area contributed by atoms with E-state index in [1.54, 1.807) is 10.9 Å². The number of benzene rings is 1. The molecule has 0 aliphatic carbocycles. The topological polar surface area (TPSA) is 55.6 Å². The summed E-state index contributed by atoms with van der Waals surface area (Å²) in [6.07, 6.45) is -1.64. The standard InChI is InChI=1S/C15H11BrF3N5/c16-10-1-3-13(4-2-10)24-9-12(22-23-24)8-21-11-5-6-20-14(7-11)15(17,18)19/h1-7,9H,8H2,(H,20,21). The van der Waals surface area contributed by atoms with Gasteiger partial charge in [0, 0.05) is 16.4 Å². The number of anilines is 1. The molecule has 0 unspecified atom stereocenters. The molecule has 0 saturated heterocycles. The minimum Gasteiger partial charge on any atom is -0.379 e. The van der Waals surface area contributed by atoms with E-state index in [2.05, 4.69) is 36.5 Å². The maximum Gasteiger partial charge on any atom is 0.433 e. The Bertz CT molecular complexity index is 830. The predicted octanol–water partition coefficient (Wildman–Crippen LogP) is 4.06. The zero-order chi connectivity index (χ0) is 17.2. The maximum atomic E-state index is 12.6. The molecule has 0 amide bonds. The van der Waals surface area contributed by atoms with Gasteiger partial charge in [0.2, 0.25) is 0 Å². The Morgan fingerprint density at radius 3 is 2.58 bits per heavy atom. The minimum atomic E-state index is -4.47. The third-order valence-corrected chi connectivity index (χ3v) is 3.68. The summed E-state index contributed by atoms with van der Waals surface area (Å²) in [5.74, 6) is 0. The molecule has 0 atom stereocenters. The largest absolute Gasteiger partial charge is 0.433 e. The normalized spacial score (nSPS) is 11.5. The van der Waals surface area contributed by atoms with Crippen molar-refractivity contribution in [3.63, 3.8) is 0 Å². The molecule has 9 heteroatoms. The second kappa shape index (κ2) is 6.60. The summed E-state index contributed by atoms with van der Waals surface area (Å²) in [5.41, 5.74) is 0.810. The van der Waals surface area contributed by atoms with Gasteiger partial charge in [0.05, 0.1) is 18.4 Å². The summed E-state index contributed by atoms with van der Waals surface area (Å²) in [6.45, 7) is 0.248. The van der Waals surface area contributed by atoms with Gasteiger partial charge < -0.3 is 5.32 Å². The number of hydrogen-bond acceptors (Lipinski definition) is 4. The number of nitrogens with zero attached hydrogens (tertiary/aromatic N) is 4. The number of pyridine rings is 1. The molecule has 124 valence electrons. The molecule has 0 saturated carbocycles. The highest BCUT2D eigenvalue weighted by Crippen LogP contribution is 2.28. The van der Waals surface area contributed by atoms with Gasteiger partial charge in [-0.05, 0) is 36.4 Å². The summed E-state index contributed by atoms with van der Waals surface area (Å²) in [6, 6.07) is 9.92. The summed E-state index contributed by atoms with van der Waals surface area (Å²) >= 11 is 3.35. The van der Waals surface area contributed by atoms with Crippen molar-refractivity contribution in [2.24, 2.45) is 0 Å². The minimum absolute atomic E-state index is 0.248. The van der Waals surface area contributed by atoms with Crippen LogP contribution < -0.4 is 5.32 Å². The fourth-order valence-electron chi connectivity index (χ4n) is 1.99. The molecular weight excluding hydrogens is 387 g/mol. The van der Waals surface area contributed by atoms with E-state index in [-0.39, 0.29) is 6.54 Å². The van der Waals surface area contributed by atoms with Crippen LogP contribution in [0.25, 0.3) is 5.69 Å². The number of hydrogen-bond donors (Lipinski definition) is 1. The van der Waals surface area contributed by atoms with Gasteiger partial charge in [-0.15, -0.1) is 5.10 Å². The van der Waals surface area contributed by atoms with Crippen LogP contribution in [0.5, 0.6) is 0 Å². The predicted molar refractivity (Wildman–Crippen MR) is 85.6 cm³/mol. The molecule has 5 nitrogen and oxygen atoms in total. The van der Waals surface area contributed by atoms with Gasteiger partial charge in [-0.3, -0.25) is 4.98 Å². The Morgan fingerprint density at radius 1 is 1.12 bits per heavy atom.